The number of carbonyl (C=O) groups is 2. The Hall–Kier alpha value is -3.93. The second kappa shape index (κ2) is 9.26. The zero-order valence-electron chi connectivity index (χ0n) is 17.3. The Labute approximate surface area is 180 Å². The number of benzene rings is 3. The molecule has 2 N–H and O–H groups in total. The SMILES string of the molecule is Cc1nc2cc(C(=O)NCc3ccccc3)ccc2n1CCC(=O)Nc1ccccc1. The third-order valence-electron chi connectivity index (χ3n) is 5.12. The Morgan fingerprint density at radius 2 is 1.65 bits per heavy atom. The zero-order chi connectivity index (χ0) is 21.6. The van der Waals surface area contributed by atoms with E-state index in [-0.39, 0.29) is 11.8 Å². The molecule has 156 valence electrons. The van der Waals surface area contributed by atoms with Gasteiger partial charge in [-0.2, -0.15) is 0 Å². The first-order valence-electron chi connectivity index (χ1n) is 10.2. The van der Waals surface area contributed by atoms with Crippen molar-refractivity contribution in [3.8, 4) is 0 Å². The van der Waals surface area contributed by atoms with Crippen LogP contribution < -0.4 is 10.6 Å². The molecule has 0 aliphatic rings. The average molecular weight is 412 g/mol. The molecule has 6 heteroatoms. The fourth-order valence-corrected chi connectivity index (χ4v) is 3.51. The van der Waals surface area contributed by atoms with Gasteiger partial charge in [-0.25, -0.2) is 4.98 Å². The number of aryl methyl sites for hydroxylation is 2. The van der Waals surface area contributed by atoms with Crippen LogP contribution in [0.15, 0.2) is 78.9 Å². The number of fused-ring (bicyclic) bond motifs is 1. The van der Waals surface area contributed by atoms with Gasteiger partial charge in [0.05, 0.1) is 11.0 Å². The van der Waals surface area contributed by atoms with Crippen LogP contribution in [0.3, 0.4) is 0 Å². The summed E-state index contributed by atoms with van der Waals surface area (Å²) in [5, 5.41) is 5.84. The molecule has 0 atom stereocenters. The van der Waals surface area contributed by atoms with Crippen LogP contribution in [0.5, 0.6) is 0 Å². The van der Waals surface area contributed by atoms with Crippen molar-refractivity contribution in [1.29, 1.82) is 0 Å². The number of nitrogens with zero attached hydrogens (tertiary/aromatic N) is 2. The molecule has 0 aliphatic heterocycles. The predicted molar refractivity (Wildman–Crippen MR) is 122 cm³/mol. The molecule has 1 heterocycles. The van der Waals surface area contributed by atoms with Gasteiger partial charge in [0.25, 0.3) is 5.91 Å². The monoisotopic (exact) mass is 412 g/mol. The van der Waals surface area contributed by atoms with Crippen molar-refractivity contribution in [2.45, 2.75) is 26.4 Å². The van der Waals surface area contributed by atoms with E-state index < -0.39 is 0 Å². The smallest absolute Gasteiger partial charge is 0.251 e. The largest absolute Gasteiger partial charge is 0.348 e. The van der Waals surface area contributed by atoms with Crippen LogP contribution in [0.2, 0.25) is 0 Å². The molecule has 0 aliphatic carbocycles. The van der Waals surface area contributed by atoms with Crippen molar-refractivity contribution in [3.63, 3.8) is 0 Å². The number of anilines is 1. The number of hydrogen-bond acceptors (Lipinski definition) is 3. The van der Waals surface area contributed by atoms with Crippen LogP contribution in [-0.4, -0.2) is 21.4 Å². The molecule has 0 fully saturated rings. The maximum atomic E-state index is 12.5. The molecule has 0 unspecified atom stereocenters. The van der Waals surface area contributed by atoms with Crippen LogP contribution in [-0.2, 0) is 17.9 Å². The molecule has 4 rings (SSSR count). The van der Waals surface area contributed by atoms with Crippen molar-refractivity contribution in [1.82, 2.24) is 14.9 Å². The van der Waals surface area contributed by atoms with Gasteiger partial charge < -0.3 is 15.2 Å². The lowest BCUT2D eigenvalue weighted by molar-refractivity contribution is -0.116. The number of rotatable bonds is 7. The van der Waals surface area contributed by atoms with Gasteiger partial charge in [0.15, 0.2) is 0 Å². The van der Waals surface area contributed by atoms with E-state index in [4.69, 9.17) is 0 Å². The van der Waals surface area contributed by atoms with E-state index in [1.165, 1.54) is 0 Å². The quantitative estimate of drug-likeness (QED) is 0.475. The standard InChI is InChI=1S/C25H24N4O2/c1-18-27-22-16-20(25(31)26-17-19-8-4-2-5-9-19)12-13-23(22)29(18)15-14-24(30)28-21-10-6-3-7-11-21/h2-13,16H,14-15,17H2,1H3,(H,26,31)(H,28,30). The highest BCUT2D eigenvalue weighted by atomic mass is 16.2. The third-order valence-corrected chi connectivity index (χ3v) is 5.12. The maximum absolute atomic E-state index is 12.5. The first-order valence-corrected chi connectivity index (χ1v) is 10.2. The summed E-state index contributed by atoms with van der Waals surface area (Å²) in [6.45, 7) is 2.90. The fraction of sp³-hybridized carbons (Fsp3) is 0.160. The van der Waals surface area contributed by atoms with Crippen LogP contribution in [0.1, 0.15) is 28.2 Å². The lowest BCUT2D eigenvalue weighted by Gasteiger charge is -2.09. The highest BCUT2D eigenvalue weighted by molar-refractivity contribution is 5.97. The number of nitrogens with one attached hydrogen (secondary N) is 2. The van der Waals surface area contributed by atoms with Crippen molar-refractivity contribution in [3.05, 3.63) is 95.8 Å². The van der Waals surface area contributed by atoms with E-state index in [1.54, 1.807) is 12.1 Å². The number of carbonyl (C=O) groups excluding carboxylic acids is 2. The topological polar surface area (TPSA) is 76.0 Å². The van der Waals surface area contributed by atoms with Crippen LogP contribution in [0.4, 0.5) is 5.69 Å². The Kier molecular flexibility index (Phi) is 6.08. The molecule has 0 spiro atoms. The van der Waals surface area contributed by atoms with Crippen LogP contribution in [0.25, 0.3) is 11.0 Å². The highest BCUT2D eigenvalue weighted by Crippen LogP contribution is 2.19. The van der Waals surface area contributed by atoms with E-state index in [1.807, 2.05) is 78.2 Å². The Morgan fingerprint density at radius 3 is 2.39 bits per heavy atom. The summed E-state index contributed by atoms with van der Waals surface area (Å²) in [4.78, 5) is 29.4. The Bertz CT molecular complexity index is 1200. The first kappa shape index (κ1) is 20.3. The van der Waals surface area contributed by atoms with E-state index >= 15 is 0 Å². The molecular weight excluding hydrogens is 388 g/mol. The Morgan fingerprint density at radius 1 is 0.935 bits per heavy atom. The van der Waals surface area contributed by atoms with Gasteiger partial charge >= 0.3 is 0 Å². The minimum absolute atomic E-state index is 0.0515. The molecular formula is C25H24N4O2. The fourth-order valence-electron chi connectivity index (χ4n) is 3.51. The predicted octanol–water partition coefficient (Wildman–Crippen LogP) is 4.30. The minimum atomic E-state index is -0.139. The van der Waals surface area contributed by atoms with Crippen LogP contribution >= 0.6 is 0 Å². The van der Waals surface area contributed by atoms with Gasteiger partial charge in [-0.1, -0.05) is 48.5 Å². The molecule has 2 amide bonds. The molecule has 0 bridgehead atoms. The summed E-state index contributed by atoms with van der Waals surface area (Å²) >= 11 is 0. The maximum Gasteiger partial charge on any atom is 0.251 e. The molecule has 6 nitrogen and oxygen atoms in total. The normalized spacial score (nSPS) is 10.7. The van der Waals surface area contributed by atoms with Gasteiger partial charge in [-0.15, -0.1) is 0 Å². The molecule has 3 aromatic carbocycles. The lowest BCUT2D eigenvalue weighted by atomic mass is 10.1. The number of aromatic nitrogens is 2. The van der Waals surface area contributed by atoms with Gasteiger partial charge in [0.2, 0.25) is 5.91 Å². The summed E-state index contributed by atoms with van der Waals surface area (Å²) in [6.07, 6.45) is 0.334. The lowest BCUT2D eigenvalue weighted by Crippen LogP contribution is -2.22. The van der Waals surface area contributed by atoms with Crippen molar-refractivity contribution in [2.75, 3.05) is 5.32 Å². The molecule has 31 heavy (non-hydrogen) atoms. The molecule has 0 radical (unpaired) electrons. The van der Waals surface area contributed by atoms with E-state index in [0.717, 1.165) is 28.1 Å². The van der Waals surface area contributed by atoms with Crippen molar-refractivity contribution in [2.24, 2.45) is 0 Å². The van der Waals surface area contributed by atoms with Gasteiger partial charge in [-0.3, -0.25) is 9.59 Å². The number of imidazole rings is 1. The van der Waals surface area contributed by atoms with E-state index in [9.17, 15) is 9.59 Å². The van der Waals surface area contributed by atoms with Crippen molar-refractivity contribution < 1.29 is 9.59 Å². The zero-order valence-corrected chi connectivity index (χ0v) is 17.3. The second-order valence-electron chi connectivity index (χ2n) is 7.35. The molecule has 4 aromatic rings. The Balaban J connectivity index is 1.42. The summed E-state index contributed by atoms with van der Waals surface area (Å²) in [5.74, 6) is 0.619. The van der Waals surface area contributed by atoms with Gasteiger partial charge in [-0.05, 0) is 42.8 Å². The van der Waals surface area contributed by atoms with Gasteiger partial charge in [0.1, 0.15) is 5.82 Å². The van der Waals surface area contributed by atoms with Gasteiger partial charge in [0, 0.05) is 30.8 Å². The van der Waals surface area contributed by atoms with Crippen LogP contribution in [0, 0.1) is 6.92 Å². The molecule has 0 saturated carbocycles. The summed E-state index contributed by atoms with van der Waals surface area (Å²) in [5.41, 5.74) is 4.05. The number of hydrogen-bond donors (Lipinski definition) is 2. The summed E-state index contributed by atoms with van der Waals surface area (Å²) in [7, 11) is 0. The van der Waals surface area contributed by atoms with E-state index in [2.05, 4.69) is 15.6 Å². The minimum Gasteiger partial charge on any atom is -0.348 e. The van der Waals surface area contributed by atoms with E-state index in [0.29, 0.717) is 25.1 Å². The third kappa shape index (κ3) is 4.98. The molecule has 0 saturated heterocycles. The number of amides is 2. The summed E-state index contributed by atoms with van der Waals surface area (Å²) < 4.78 is 2.01. The summed E-state index contributed by atoms with van der Waals surface area (Å²) in [6, 6.07) is 24.7. The first-order chi connectivity index (χ1) is 15.1. The van der Waals surface area contributed by atoms with Crippen molar-refractivity contribution >= 4 is 28.5 Å². The average Bonchev–Trinajstić information content (AvgIpc) is 3.11. The second-order valence-corrected chi connectivity index (χ2v) is 7.35. The highest BCUT2D eigenvalue weighted by Gasteiger charge is 2.13. The molecule has 1 aromatic heterocycles. The number of para-hydroxylation sites is 1.